The summed E-state index contributed by atoms with van der Waals surface area (Å²) in [5, 5.41) is 2.97. The molecule has 0 aliphatic rings. The maximum Gasteiger partial charge on any atom is 0.416 e. The Morgan fingerprint density at radius 3 is 2.36 bits per heavy atom. The van der Waals surface area contributed by atoms with E-state index in [0.717, 1.165) is 23.4 Å². The first-order valence-corrected chi connectivity index (χ1v) is 7.20. The van der Waals surface area contributed by atoms with E-state index in [1.165, 1.54) is 12.1 Å². The van der Waals surface area contributed by atoms with E-state index in [9.17, 15) is 13.2 Å². The molecule has 25 heavy (non-hydrogen) atoms. The van der Waals surface area contributed by atoms with Crippen molar-refractivity contribution >= 4 is 35.6 Å². The molecule has 0 unspecified atom stereocenters. The van der Waals surface area contributed by atoms with Gasteiger partial charge in [0.05, 0.1) is 18.7 Å². The Morgan fingerprint density at radius 2 is 1.76 bits per heavy atom. The molecule has 0 bridgehead atoms. The number of hydrogen-bond acceptors (Lipinski definition) is 2. The zero-order valence-electron chi connectivity index (χ0n) is 13.5. The quantitative estimate of drug-likeness (QED) is 0.391. The maximum atomic E-state index is 12.5. The Balaban J connectivity index is 0.00000312. The summed E-state index contributed by atoms with van der Waals surface area (Å²) in [5.74, 6) is 0.179. The van der Waals surface area contributed by atoms with Crippen LogP contribution in [0.1, 0.15) is 16.7 Å². The lowest BCUT2D eigenvalue weighted by molar-refractivity contribution is -0.137. The molecule has 0 aliphatic carbocycles. The number of nitrogens with zero attached hydrogens (tertiary/aromatic N) is 1. The van der Waals surface area contributed by atoms with Gasteiger partial charge in [-0.1, -0.05) is 30.3 Å². The summed E-state index contributed by atoms with van der Waals surface area (Å²) in [5.41, 5.74) is 7.48. The van der Waals surface area contributed by atoms with Gasteiger partial charge in [-0.05, 0) is 23.8 Å². The number of halogens is 4. The number of aliphatic imine (C=N–C) groups is 1. The number of rotatable bonds is 5. The van der Waals surface area contributed by atoms with E-state index in [2.05, 4.69) is 10.3 Å². The Morgan fingerprint density at radius 1 is 1.12 bits per heavy atom. The van der Waals surface area contributed by atoms with Crippen molar-refractivity contribution in [1.29, 1.82) is 0 Å². The number of nitrogens with two attached hydrogens (primary N) is 1. The van der Waals surface area contributed by atoms with Crippen molar-refractivity contribution in [1.82, 2.24) is 0 Å². The van der Waals surface area contributed by atoms with Crippen LogP contribution in [0, 0.1) is 0 Å². The van der Waals surface area contributed by atoms with Crippen molar-refractivity contribution in [3.05, 3.63) is 65.2 Å². The van der Waals surface area contributed by atoms with Gasteiger partial charge in [-0.15, -0.1) is 24.0 Å². The third-order valence-corrected chi connectivity index (χ3v) is 3.29. The summed E-state index contributed by atoms with van der Waals surface area (Å²) in [6.45, 7) is 0.610. The highest BCUT2D eigenvalue weighted by Gasteiger charge is 2.29. The Kier molecular flexibility index (Phi) is 8.17. The molecule has 3 N–H and O–H groups in total. The summed E-state index contributed by atoms with van der Waals surface area (Å²) in [7, 11) is 1.60. The van der Waals surface area contributed by atoms with Crippen molar-refractivity contribution in [2.75, 3.05) is 12.4 Å². The number of benzene rings is 2. The largest absolute Gasteiger partial charge is 0.416 e. The molecule has 0 radical (unpaired) electrons. The van der Waals surface area contributed by atoms with E-state index in [1.54, 1.807) is 7.11 Å². The molecule has 0 fully saturated rings. The number of para-hydroxylation sites is 1. The Bertz CT molecular complexity index is 703. The SMILES string of the molecule is COCc1ccccc1NC(N)=NCc1ccc(C(F)(F)F)cc1.I. The van der Waals surface area contributed by atoms with Crippen LogP contribution in [-0.4, -0.2) is 13.1 Å². The second kappa shape index (κ2) is 9.62. The smallest absolute Gasteiger partial charge is 0.380 e. The monoisotopic (exact) mass is 465 g/mol. The molecule has 0 atom stereocenters. The van der Waals surface area contributed by atoms with Crippen molar-refractivity contribution < 1.29 is 17.9 Å². The summed E-state index contributed by atoms with van der Waals surface area (Å²) >= 11 is 0. The summed E-state index contributed by atoms with van der Waals surface area (Å²) in [6, 6.07) is 12.3. The second-order valence-electron chi connectivity index (χ2n) is 5.11. The van der Waals surface area contributed by atoms with Gasteiger partial charge in [0.2, 0.25) is 0 Å². The second-order valence-corrected chi connectivity index (χ2v) is 5.11. The minimum Gasteiger partial charge on any atom is -0.380 e. The fraction of sp³-hybridized carbons (Fsp3) is 0.235. The summed E-state index contributed by atoms with van der Waals surface area (Å²) < 4.78 is 42.6. The van der Waals surface area contributed by atoms with Gasteiger partial charge in [-0.3, -0.25) is 0 Å². The molecule has 0 saturated heterocycles. The van der Waals surface area contributed by atoms with E-state index in [1.807, 2.05) is 24.3 Å². The number of hydrogen-bond donors (Lipinski definition) is 2. The summed E-state index contributed by atoms with van der Waals surface area (Å²) in [4.78, 5) is 4.14. The number of nitrogens with one attached hydrogen (secondary N) is 1. The Hall–Kier alpha value is -1.81. The molecule has 8 heteroatoms. The standard InChI is InChI=1S/C17H18F3N3O.HI/c1-24-11-13-4-2-3-5-15(13)23-16(21)22-10-12-6-8-14(9-7-12)17(18,19)20;/h2-9H,10-11H2,1H3,(H3,21,22,23);1H. The van der Waals surface area contributed by atoms with Crippen LogP contribution in [0.4, 0.5) is 18.9 Å². The van der Waals surface area contributed by atoms with Crippen LogP contribution in [-0.2, 0) is 24.1 Å². The number of anilines is 1. The zero-order chi connectivity index (χ0) is 17.6. The molecule has 0 aromatic heterocycles. The fourth-order valence-corrected chi connectivity index (χ4v) is 2.08. The van der Waals surface area contributed by atoms with Crippen LogP contribution in [0.3, 0.4) is 0 Å². The highest BCUT2D eigenvalue weighted by molar-refractivity contribution is 14.0. The van der Waals surface area contributed by atoms with Gasteiger partial charge < -0.3 is 15.8 Å². The van der Waals surface area contributed by atoms with E-state index >= 15 is 0 Å². The van der Waals surface area contributed by atoms with E-state index in [0.29, 0.717) is 12.2 Å². The van der Waals surface area contributed by atoms with Crippen LogP contribution in [0.25, 0.3) is 0 Å². The number of methoxy groups -OCH3 is 1. The predicted molar refractivity (Wildman–Crippen MR) is 103 cm³/mol. The Labute approximate surface area is 161 Å². The zero-order valence-corrected chi connectivity index (χ0v) is 15.8. The normalized spacial score (nSPS) is 11.8. The van der Waals surface area contributed by atoms with Gasteiger partial charge in [0.25, 0.3) is 0 Å². The first kappa shape index (κ1) is 21.2. The number of ether oxygens (including phenoxy) is 1. The van der Waals surface area contributed by atoms with Crippen LogP contribution in [0.2, 0.25) is 0 Å². The van der Waals surface area contributed by atoms with Crippen molar-refractivity contribution in [2.45, 2.75) is 19.3 Å². The van der Waals surface area contributed by atoms with Gasteiger partial charge in [-0.2, -0.15) is 13.2 Å². The lowest BCUT2D eigenvalue weighted by atomic mass is 10.1. The summed E-state index contributed by atoms with van der Waals surface area (Å²) in [6.07, 6.45) is -4.34. The third kappa shape index (κ3) is 6.54. The molecule has 0 amide bonds. The minimum absolute atomic E-state index is 0. The molecular weight excluding hydrogens is 446 g/mol. The first-order valence-electron chi connectivity index (χ1n) is 7.20. The molecule has 2 aromatic carbocycles. The van der Waals surface area contributed by atoms with Crippen molar-refractivity contribution in [3.8, 4) is 0 Å². The molecule has 2 aromatic rings. The van der Waals surface area contributed by atoms with E-state index in [4.69, 9.17) is 10.5 Å². The highest BCUT2D eigenvalue weighted by Crippen LogP contribution is 2.29. The van der Waals surface area contributed by atoms with Gasteiger partial charge in [0, 0.05) is 18.4 Å². The van der Waals surface area contributed by atoms with Gasteiger partial charge in [0.15, 0.2) is 5.96 Å². The van der Waals surface area contributed by atoms with Gasteiger partial charge in [0.1, 0.15) is 0 Å². The lowest BCUT2D eigenvalue weighted by Crippen LogP contribution is -2.23. The van der Waals surface area contributed by atoms with E-state index in [-0.39, 0.29) is 36.5 Å². The van der Waals surface area contributed by atoms with Crippen molar-refractivity contribution in [2.24, 2.45) is 10.7 Å². The molecule has 2 rings (SSSR count). The number of alkyl halides is 3. The molecule has 0 aliphatic heterocycles. The molecule has 136 valence electrons. The maximum absolute atomic E-state index is 12.5. The van der Waals surface area contributed by atoms with Gasteiger partial charge >= 0.3 is 6.18 Å². The first-order chi connectivity index (χ1) is 11.4. The molecule has 0 spiro atoms. The van der Waals surface area contributed by atoms with Crippen LogP contribution >= 0.6 is 24.0 Å². The molecule has 0 saturated carbocycles. The molecule has 0 heterocycles. The van der Waals surface area contributed by atoms with E-state index < -0.39 is 11.7 Å². The molecule has 4 nitrogen and oxygen atoms in total. The highest BCUT2D eigenvalue weighted by atomic mass is 127. The third-order valence-electron chi connectivity index (χ3n) is 3.29. The minimum atomic E-state index is -4.34. The predicted octanol–water partition coefficient (Wildman–Crippen LogP) is 4.40. The van der Waals surface area contributed by atoms with Crippen molar-refractivity contribution in [3.63, 3.8) is 0 Å². The van der Waals surface area contributed by atoms with Gasteiger partial charge in [-0.25, -0.2) is 4.99 Å². The van der Waals surface area contributed by atoms with Crippen LogP contribution in [0.5, 0.6) is 0 Å². The topological polar surface area (TPSA) is 59.6 Å². The average molecular weight is 465 g/mol. The average Bonchev–Trinajstić information content (AvgIpc) is 2.55. The lowest BCUT2D eigenvalue weighted by Gasteiger charge is -2.11. The number of guanidine groups is 1. The van der Waals surface area contributed by atoms with Crippen LogP contribution < -0.4 is 11.1 Å². The fourth-order valence-electron chi connectivity index (χ4n) is 2.08. The van der Waals surface area contributed by atoms with Crippen LogP contribution in [0.15, 0.2) is 53.5 Å². The molecular formula is C17H19F3IN3O.